The van der Waals surface area contributed by atoms with Gasteiger partial charge in [0.05, 0.1) is 6.04 Å². The van der Waals surface area contributed by atoms with Crippen molar-refractivity contribution in [1.82, 2.24) is 10.6 Å². The summed E-state index contributed by atoms with van der Waals surface area (Å²) in [5, 5.41) is 6.83. The summed E-state index contributed by atoms with van der Waals surface area (Å²) in [7, 11) is 1.89. The number of amides is 1. The Labute approximate surface area is 136 Å². The van der Waals surface area contributed by atoms with E-state index in [1.54, 1.807) is 0 Å². The van der Waals surface area contributed by atoms with Gasteiger partial charge in [0.1, 0.15) is 0 Å². The monoisotopic (exact) mass is 316 g/mol. The molecule has 0 heterocycles. The smallest absolute Gasteiger partial charge is 0.220 e. The summed E-state index contributed by atoms with van der Waals surface area (Å²) < 4.78 is 0. The van der Waals surface area contributed by atoms with Gasteiger partial charge < -0.3 is 10.6 Å². The molecule has 1 atom stereocenters. The molecule has 1 amide bonds. The van der Waals surface area contributed by atoms with Gasteiger partial charge in [-0.3, -0.25) is 4.79 Å². The Hall–Kier alpha value is -1.84. The van der Waals surface area contributed by atoms with Crippen molar-refractivity contribution in [2.75, 3.05) is 13.6 Å². The summed E-state index contributed by atoms with van der Waals surface area (Å²) in [6.07, 6.45) is 1.32. The van der Waals surface area contributed by atoms with Crippen molar-refractivity contribution < 1.29 is 4.79 Å². The van der Waals surface area contributed by atoms with Crippen LogP contribution in [0.25, 0.3) is 0 Å². The second kappa shape index (κ2) is 8.57. The maximum atomic E-state index is 12.2. The minimum Gasteiger partial charge on any atom is -0.345 e. The number of carbonyl (C=O) groups excluding carboxylic acids is 1. The van der Waals surface area contributed by atoms with Gasteiger partial charge >= 0.3 is 0 Å². The van der Waals surface area contributed by atoms with Crippen molar-refractivity contribution in [3.8, 4) is 0 Å². The number of hydrogen-bond donors (Lipinski definition) is 2. The van der Waals surface area contributed by atoms with E-state index in [9.17, 15) is 4.79 Å². The molecule has 0 saturated heterocycles. The molecule has 0 bridgehead atoms. The Kier molecular flexibility index (Phi) is 6.44. The first-order chi connectivity index (χ1) is 10.7. The van der Waals surface area contributed by atoms with Crippen LogP contribution < -0.4 is 10.6 Å². The third-order valence-corrected chi connectivity index (χ3v) is 3.69. The molecule has 2 N–H and O–H groups in total. The Morgan fingerprint density at radius 1 is 1.09 bits per heavy atom. The number of carbonyl (C=O) groups is 1. The van der Waals surface area contributed by atoms with Crippen molar-refractivity contribution in [2.24, 2.45) is 0 Å². The van der Waals surface area contributed by atoms with Gasteiger partial charge in [-0.05, 0) is 43.3 Å². The van der Waals surface area contributed by atoms with Gasteiger partial charge in [-0.2, -0.15) is 0 Å². The van der Waals surface area contributed by atoms with Gasteiger partial charge in [0.25, 0.3) is 0 Å². The third kappa shape index (κ3) is 4.86. The Bertz CT molecular complexity index is 601. The molecule has 0 aliphatic heterocycles. The van der Waals surface area contributed by atoms with Gasteiger partial charge in [-0.1, -0.05) is 54.1 Å². The van der Waals surface area contributed by atoms with Gasteiger partial charge in [0.15, 0.2) is 0 Å². The van der Waals surface area contributed by atoms with E-state index in [0.29, 0.717) is 11.4 Å². The van der Waals surface area contributed by atoms with Crippen molar-refractivity contribution in [3.63, 3.8) is 0 Å². The first kappa shape index (κ1) is 16.5. The lowest BCUT2D eigenvalue weighted by molar-refractivity contribution is -0.121. The molecular weight excluding hydrogens is 296 g/mol. The minimum atomic E-state index is -0.179. The highest BCUT2D eigenvalue weighted by Crippen LogP contribution is 2.24. The molecule has 0 radical (unpaired) electrons. The van der Waals surface area contributed by atoms with Crippen LogP contribution in [0.15, 0.2) is 54.6 Å². The molecule has 3 nitrogen and oxygen atoms in total. The second-order valence-electron chi connectivity index (χ2n) is 5.17. The Morgan fingerprint density at radius 2 is 1.82 bits per heavy atom. The fraction of sp³-hybridized carbons (Fsp3) is 0.278. The molecule has 116 valence electrons. The molecule has 0 aliphatic rings. The van der Waals surface area contributed by atoms with Gasteiger partial charge in [-0.25, -0.2) is 0 Å². The van der Waals surface area contributed by atoms with Crippen LogP contribution in [0.2, 0.25) is 5.02 Å². The lowest BCUT2D eigenvalue weighted by Gasteiger charge is -2.20. The molecule has 2 rings (SSSR count). The van der Waals surface area contributed by atoms with Crippen LogP contribution in [0.3, 0.4) is 0 Å². The Balaban J connectivity index is 2.17. The average Bonchev–Trinajstić information content (AvgIpc) is 2.54. The fourth-order valence-electron chi connectivity index (χ4n) is 2.35. The summed E-state index contributed by atoms with van der Waals surface area (Å²) in [5.41, 5.74) is 2.03. The minimum absolute atomic E-state index is 0.0454. The zero-order chi connectivity index (χ0) is 15.8. The molecule has 0 fully saturated rings. The van der Waals surface area contributed by atoms with Crippen molar-refractivity contribution in [1.29, 1.82) is 0 Å². The van der Waals surface area contributed by atoms with Crippen molar-refractivity contribution in [3.05, 3.63) is 70.7 Å². The lowest BCUT2D eigenvalue weighted by atomic mass is 9.98. The molecule has 0 aliphatic carbocycles. The van der Waals surface area contributed by atoms with E-state index < -0.39 is 0 Å². The number of halogens is 1. The molecule has 0 aromatic heterocycles. The highest BCUT2D eigenvalue weighted by molar-refractivity contribution is 6.30. The molecule has 2 aromatic carbocycles. The van der Waals surface area contributed by atoms with Crippen molar-refractivity contribution >= 4 is 17.5 Å². The fourth-order valence-corrected chi connectivity index (χ4v) is 2.55. The first-order valence-corrected chi connectivity index (χ1v) is 7.83. The maximum Gasteiger partial charge on any atom is 0.220 e. The SMILES string of the molecule is CNCCCC(=O)NC(c1ccccc1)c1cccc(Cl)c1. The standard InChI is InChI=1S/C18H21ClN2O/c1-20-12-6-11-17(22)21-18(14-7-3-2-4-8-14)15-9-5-10-16(19)13-15/h2-5,7-10,13,18,20H,6,11-12H2,1H3,(H,21,22). The van der Waals surface area contributed by atoms with E-state index >= 15 is 0 Å². The van der Waals surface area contributed by atoms with E-state index in [0.717, 1.165) is 24.1 Å². The summed E-state index contributed by atoms with van der Waals surface area (Å²) in [5.74, 6) is 0.0454. The topological polar surface area (TPSA) is 41.1 Å². The molecular formula is C18H21ClN2O. The normalized spacial score (nSPS) is 11.9. The van der Waals surface area contributed by atoms with Crippen LogP contribution in [0.5, 0.6) is 0 Å². The van der Waals surface area contributed by atoms with Crippen LogP contribution in [-0.4, -0.2) is 19.5 Å². The maximum absolute atomic E-state index is 12.2. The van der Waals surface area contributed by atoms with E-state index in [-0.39, 0.29) is 11.9 Å². The van der Waals surface area contributed by atoms with Crippen LogP contribution in [-0.2, 0) is 4.79 Å². The summed E-state index contributed by atoms with van der Waals surface area (Å²) >= 11 is 6.09. The molecule has 4 heteroatoms. The van der Waals surface area contributed by atoms with E-state index in [4.69, 9.17) is 11.6 Å². The van der Waals surface area contributed by atoms with Gasteiger partial charge in [0.2, 0.25) is 5.91 Å². The van der Waals surface area contributed by atoms with Gasteiger partial charge in [0, 0.05) is 11.4 Å². The predicted octanol–water partition coefficient (Wildman–Crippen LogP) is 3.55. The second-order valence-corrected chi connectivity index (χ2v) is 5.61. The molecule has 1 unspecified atom stereocenters. The largest absolute Gasteiger partial charge is 0.345 e. The van der Waals surface area contributed by atoms with E-state index in [1.807, 2.05) is 61.6 Å². The van der Waals surface area contributed by atoms with E-state index in [2.05, 4.69) is 10.6 Å². The lowest BCUT2D eigenvalue weighted by Crippen LogP contribution is -2.29. The number of rotatable bonds is 7. The third-order valence-electron chi connectivity index (χ3n) is 3.45. The van der Waals surface area contributed by atoms with Gasteiger partial charge in [-0.15, -0.1) is 0 Å². The predicted molar refractivity (Wildman–Crippen MR) is 91.0 cm³/mol. The molecule has 2 aromatic rings. The number of benzene rings is 2. The van der Waals surface area contributed by atoms with E-state index in [1.165, 1.54) is 0 Å². The van der Waals surface area contributed by atoms with Crippen LogP contribution in [0.1, 0.15) is 30.0 Å². The Morgan fingerprint density at radius 3 is 2.50 bits per heavy atom. The zero-order valence-electron chi connectivity index (χ0n) is 12.7. The highest BCUT2D eigenvalue weighted by Gasteiger charge is 2.16. The highest BCUT2D eigenvalue weighted by atomic mass is 35.5. The van der Waals surface area contributed by atoms with Crippen LogP contribution in [0.4, 0.5) is 0 Å². The molecule has 0 spiro atoms. The average molecular weight is 317 g/mol. The molecule has 0 saturated carbocycles. The zero-order valence-corrected chi connectivity index (χ0v) is 13.4. The molecule has 22 heavy (non-hydrogen) atoms. The summed E-state index contributed by atoms with van der Waals surface area (Å²) in [4.78, 5) is 12.2. The summed E-state index contributed by atoms with van der Waals surface area (Å²) in [6.45, 7) is 0.834. The van der Waals surface area contributed by atoms with Crippen LogP contribution in [0, 0.1) is 0 Å². The van der Waals surface area contributed by atoms with Crippen molar-refractivity contribution in [2.45, 2.75) is 18.9 Å². The number of nitrogens with one attached hydrogen (secondary N) is 2. The quantitative estimate of drug-likeness (QED) is 0.767. The van der Waals surface area contributed by atoms with Crippen LogP contribution >= 0.6 is 11.6 Å². The summed E-state index contributed by atoms with van der Waals surface area (Å²) in [6, 6.07) is 17.4. The number of hydrogen-bond acceptors (Lipinski definition) is 2. The first-order valence-electron chi connectivity index (χ1n) is 7.45.